The van der Waals surface area contributed by atoms with Crippen LogP contribution in [0.25, 0.3) is 10.9 Å². The Morgan fingerprint density at radius 1 is 0.889 bits per heavy atom. The maximum Gasteiger partial charge on any atom is 0.231 e. The summed E-state index contributed by atoms with van der Waals surface area (Å²) in [6.45, 7) is 0. The van der Waals surface area contributed by atoms with E-state index in [2.05, 4.69) is 37.3 Å². The third kappa shape index (κ3) is 3.89. The standard InChI is InChI=1S/C21H13BrN4O/c22-15-7-11-17(12-8-15)27-20-18-3-1-2-4-19(18)25-21(26-20)24-16-9-5-14(13-23)6-10-16/h1-12H,(H,24,25,26). The molecule has 4 rings (SSSR count). The van der Waals surface area contributed by atoms with Crippen LogP contribution in [0.5, 0.6) is 11.6 Å². The highest BCUT2D eigenvalue weighted by Gasteiger charge is 2.10. The molecule has 4 aromatic rings. The van der Waals surface area contributed by atoms with Crippen LogP contribution < -0.4 is 10.1 Å². The van der Waals surface area contributed by atoms with Crippen molar-refractivity contribution in [3.05, 3.63) is 82.8 Å². The summed E-state index contributed by atoms with van der Waals surface area (Å²) >= 11 is 3.42. The number of nitrogens with zero attached hydrogens (tertiary/aromatic N) is 3. The first-order valence-electron chi connectivity index (χ1n) is 8.19. The number of rotatable bonds is 4. The zero-order chi connectivity index (χ0) is 18.6. The van der Waals surface area contributed by atoms with Gasteiger partial charge in [-0.05, 0) is 60.7 Å². The summed E-state index contributed by atoms with van der Waals surface area (Å²) in [5, 5.41) is 12.9. The van der Waals surface area contributed by atoms with E-state index in [0.29, 0.717) is 23.1 Å². The van der Waals surface area contributed by atoms with Gasteiger partial charge in [-0.15, -0.1) is 0 Å². The minimum atomic E-state index is 0.422. The SMILES string of the molecule is N#Cc1ccc(Nc2nc(Oc3ccc(Br)cc3)c3ccccc3n2)cc1. The van der Waals surface area contributed by atoms with Gasteiger partial charge >= 0.3 is 0 Å². The number of hydrogen-bond donors (Lipinski definition) is 1. The average molecular weight is 417 g/mol. The van der Waals surface area contributed by atoms with Crippen molar-refractivity contribution < 1.29 is 4.74 Å². The van der Waals surface area contributed by atoms with Crippen molar-refractivity contribution in [2.24, 2.45) is 0 Å². The fourth-order valence-corrected chi connectivity index (χ4v) is 2.82. The van der Waals surface area contributed by atoms with Gasteiger partial charge < -0.3 is 10.1 Å². The normalized spacial score (nSPS) is 10.4. The van der Waals surface area contributed by atoms with Crippen molar-refractivity contribution in [2.75, 3.05) is 5.32 Å². The van der Waals surface area contributed by atoms with Gasteiger partial charge in [-0.2, -0.15) is 10.2 Å². The van der Waals surface area contributed by atoms with Crippen LogP contribution >= 0.6 is 15.9 Å². The molecule has 0 saturated heterocycles. The zero-order valence-corrected chi connectivity index (χ0v) is 15.6. The Kier molecular flexibility index (Phi) is 4.69. The lowest BCUT2D eigenvalue weighted by Crippen LogP contribution is -2.00. The second-order valence-corrected chi connectivity index (χ2v) is 6.66. The largest absolute Gasteiger partial charge is 0.438 e. The fraction of sp³-hybridized carbons (Fsp3) is 0. The number of aromatic nitrogens is 2. The first-order valence-corrected chi connectivity index (χ1v) is 8.98. The molecule has 0 bridgehead atoms. The van der Waals surface area contributed by atoms with Gasteiger partial charge in [0.05, 0.1) is 22.5 Å². The molecular formula is C21H13BrN4O. The summed E-state index contributed by atoms with van der Waals surface area (Å²) in [5.41, 5.74) is 2.16. The Morgan fingerprint density at radius 2 is 1.63 bits per heavy atom. The smallest absolute Gasteiger partial charge is 0.231 e. The van der Waals surface area contributed by atoms with E-state index in [-0.39, 0.29) is 0 Å². The van der Waals surface area contributed by atoms with E-state index in [0.717, 1.165) is 21.1 Å². The molecule has 5 nitrogen and oxygen atoms in total. The van der Waals surface area contributed by atoms with Gasteiger partial charge in [0.1, 0.15) is 5.75 Å². The maximum atomic E-state index is 8.92. The number of fused-ring (bicyclic) bond motifs is 1. The lowest BCUT2D eigenvalue weighted by molar-refractivity contribution is 0.469. The molecule has 0 aliphatic heterocycles. The number of nitrogens with one attached hydrogen (secondary N) is 1. The van der Waals surface area contributed by atoms with Crippen molar-refractivity contribution >= 4 is 38.5 Å². The van der Waals surface area contributed by atoms with E-state index >= 15 is 0 Å². The maximum absolute atomic E-state index is 8.92. The predicted molar refractivity (Wildman–Crippen MR) is 108 cm³/mol. The highest BCUT2D eigenvalue weighted by molar-refractivity contribution is 9.10. The Balaban J connectivity index is 1.71. The molecular weight excluding hydrogens is 404 g/mol. The van der Waals surface area contributed by atoms with Crippen LogP contribution in [0.3, 0.4) is 0 Å². The molecule has 0 fully saturated rings. The van der Waals surface area contributed by atoms with Crippen molar-refractivity contribution in [1.82, 2.24) is 9.97 Å². The number of anilines is 2. The topological polar surface area (TPSA) is 70.8 Å². The fourth-order valence-electron chi connectivity index (χ4n) is 2.55. The van der Waals surface area contributed by atoms with Gasteiger partial charge in [0.2, 0.25) is 11.8 Å². The van der Waals surface area contributed by atoms with Gasteiger partial charge in [-0.3, -0.25) is 0 Å². The Bertz CT molecular complexity index is 1140. The molecule has 0 atom stereocenters. The molecule has 0 radical (unpaired) electrons. The number of para-hydroxylation sites is 1. The van der Waals surface area contributed by atoms with E-state index in [1.54, 1.807) is 12.1 Å². The second-order valence-electron chi connectivity index (χ2n) is 5.74. The molecule has 0 unspecified atom stereocenters. The lowest BCUT2D eigenvalue weighted by atomic mass is 10.2. The molecule has 0 amide bonds. The number of halogens is 1. The van der Waals surface area contributed by atoms with Crippen LogP contribution in [0.4, 0.5) is 11.6 Å². The Hall–Kier alpha value is -3.43. The van der Waals surface area contributed by atoms with Crippen LogP contribution in [-0.4, -0.2) is 9.97 Å². The molecule has 130 valence electrons. The van der Waals surface area contributed by atoms with Crippen LogP contribution in [-0.2, 0) is 0 Å². The highest BCUT2D eigenvalue weighted by atomic mass is 79.9. The summed E-state index contributed by atoms with van der Waals surface area (Å²) < 4.78 is 6.98. The number of ether oxygens (including phenoxy) is 1. The van der Waals surface area contributed by atoms with Gasteiger partial charge in [0.25, 0.3) is 0 Å². The second kappa shape index (κ2) is 7.44. The molecule has 0 spiro atoms. The van der Waals surface area contributed by atoms with Crippen molar-refractivity contribution in [3.8, 4) is 17.7 Å². The minimum Gasteiger partial charge on any atom is -0.438 e. The summed E-state index contributed by atoms with van der Waals surface area (Å²) in [6.07, 6.45) is 0. The molecule has 3 aromatic carbocycles. The molecule has 0 aliphatic rings. The minimum absolute atomic E-state index is 0.422. The third-order valence-electron chi connectivity index (χ3n) is 3.87. The summed E-state index contributed by atoms with van der Waals surface area (Å²) in [7, 11) is 0. The molecule has 1 N–H and O–H groups in total. The highest BCUT2D eigenvalue weighted by Crippen LogP contribution is 2.30. The van der Waals surface area contributed by atoms with Gasteiger partial charge in [-0.25, -0.2) is 4.98 Å². The van der Waals surface area contributed by atoms with E-state index < -0.39 is 0 Å². The number of benzene rings is 3. The van der Waals surface area contributed by atoms with E-state index in [4.69, 9.17) is 10.00 Å². The average Bonchev–Trinajstić information content (AvgIpc) is 2.70. The quantitative estimate of drug-likeness (QED) is 0.455. The summed E-state index contributed by atoms with van der Waals surface area (Å²) in [6, 6.07) is 24.4. The Morgan fingerprint density at radius 3 is 2.37 bits per heavy atom. The molecule has 27 heavy (non-hydrogen) atoms. The first-order chi connectivity index (χ1) is 13.2. The van der Waals surface area contributed by atoms with Crippen LogP contribution in [0, 0.1) is 11.3 Å². The van der Waals surface area contributed by atoms with Crippen molar-refractivity contribution in [2.45, 2.75) is 0 Å². The van der Waals surface area contributed by atoms with Crippen molar-refractivity contribution in [1.29, 1.82) is 5.26 Å². The van der Waals surface area contributed by atoms with E-state index in [1.165, 1.54) is 0 Å². The lowest BCUT2D eigenvalue weighted by Gasteiger charge is -2.11. The summed E-state index contributed by atoms with van der Waals surface area (Å²) in [4.78, 5) is 9.09. The first kappa shape index (κ1) is 17.0. The molecule has 1 aromatic heterocycles. The van der Waals surface area contributed by atoms with Crippen LogP contribution in [0.2, 0.25) is 0 Å². The third-order valence-corrected chi connectivity index (χ3v) is 4.40. The Labute approximate surface area is 164 Å². The van der Waals surface area contributed by atoms with E-state index in [1.807, 2.05) is 60.7 Å². The van der Waals surface area contributed by atoms with Crippen LogP contribution in [0.15, 0.2) is 77.3 Å². The van der Waals surface area contributed by atoms with Gasteiger partial charge in [0, 0.05) is 10.2 Å². The van der Waals surface area contributed by atoms with E-state index in [9.17, 15) is 0 Å². The molecule has 6 heteroatoms. The predicted octanol–water partition coefficient (Wildman–Crippen LogP) is 5.80. The van der Waals surface area contributed by atoms with Gasteiger partial charge in [-0.1, -0.05) is 28.1 Å². The molecule has 0 aliphatic carbocycles. The van der Waals surface area contributed by atoms with Gasteiger partial charge in [0.15, 0.2) is 0 Å². The summed E-state index contributed by atoms with van der Waals surface area (Å²) in [5.74, 6) is 1.58. The number of nitriles is 1. The van der Waals surface area contributed by atoms with Crippen LogP contribution in [0.1, 0.15) is 5.56 Å². The molecule has 1 heterocycles. The number of hydrogen-bond acceptors (Lipinski definition) is 5. The monoisotopic (exact) mass is 416 g/mol. The molecule has 0 saturated carbocycles. The zero-order valence-electron chi connectivity index (χ0n) is 14.1. The van der Waals surface area contributed by atoms with Crippen molar-refractivity contribution in [3.63, 3.8) is 0 Å².